The van der Waals surface area contributed by atoms with Crippen LogP contribution in [0.2, 0.25) is 0 Å². The molecule has 3 aromatic rings. The summed E-state index contributed by atoms with van der Waals surface area (Å²) in [6.07, 6.45) is 3.11. The van der Waals surface area contributed by atoms with Crippen LogP contribution in [-0.4, -0.2) is 66.5 Å². The molecule has 0 aliphatic carbocycles. The number of hydrogen-bond acceptors (Lipinski definition) is 10. The van der Waals surface area contributed by atoms with Crippen LogP contribution >= 0.6 is 15.9 Å². The highest BCUT2D eigenvalue weighted by Crippen LogP contribution is 2.47. The van der Waals surface area contributed by atoms with Crippen LogP contribution in [0.25, 0.3) is 12.2 Å². The number of benzene rings is 3. The van der Waals surface area contributed by atoms with Crippen LogP contribution in [0.1, 0.15) is 29.2 Å². The number of hydrogen-bond donors (Lipinski definition) is 3. The highest BCUT2D eigenvalue weighted by Gasteiger charge is 2.23. The Morgan fingerprint density at radius 1 is 0.732 bits per heavy atom. The van der Waals surface area contributed by atoms with Gasteiger partial charge in [0, 0.05) is 17.7 Å². The molecular formula is C30H36BrNO9. The molecule has 0 amide bonds. The largest absolute Gasteiger partial charge is 0.503 e. The number of aliphatic hydroxyl groups is 1. The number of anilines is 1. The van der Waals surface area contributed by atoms with Gasteiger partial charge in [0.05, 0.1) is 66.0 Å². The molecule has 11 heteroatoms. The Hall–Kier alpha value is -3.96. The number of phenolic OH excluding ortho intramolecular Hbond substituents is 1. The molecule has 1 unspecified atom stereocenters. The van der Waals surface area contributed by atoms with Crippen LogP contribution in [0.5, 0.6) is 46.0 Å². The summed E-state index contributed by atoms with van der Waals surface area (Å²) in [5.74, 6) is 3.06. The van der Waals surface area contributed by atoms with Crippen LogP contribution in [0.3, 0.4) is 0 Å². The van der Waals surface area contributed by atoms with Crippen molar-refractivity contribution in [3.63, 3.8) is 0 Å². The van der Waals surface area contributed by atoms with Crippen molar-refractivity contribution in [3.8, 4) is 46.0 Å². The first kappa shape index (κ1) is 31.6. The van der Waals surface area contributed by atoms with Gasteiger partial charge in [-0.1, -0.05) is 12.2 Å². The number of nitrogens with one attached hydrogen (secondary N) is 1. The lowest BCUT2D eigenvalue weighted by atomic mass is 10.0. The van der Waals surface area contributed by atoms with Gasteiger partial charge in [0.1, 0.15) is 0 Å². The van der Waals surface area contributed by atoms with Gasteiger partial charge < -0.3 is 48.7 Å². The van der Waals surface area contributed by atoms with Crippen molar-refractivity contribution in [3.05, 3.63) is 51.5 Å². The average molecular weight is 635 g/mol. The predicted octanol–water partition coefficient (Wildman–Crippen LogP) is 5.92. The number of phenols is 1. The smallest absolute Gasteiger partial charge is 0.204 e. The van der Waals surface area contributed by atoms with Gasteiger partial charge in [-0.15, -0.1) is 0 Å². The molecule has 0 radical (unpaired) electrons. The molecule has 0 bridgehead atoms. The number of halogens is 1. The first-order chi connectivity index (χ1) is 19.8. The molecule has 0 aromatic heterocycles. The lowest BCUT2D eigenvalue weighted by Gasteiger charge is -2.20. The third-order valence-electron chi connectivity index (χ3n) is 6.41. The molecule has 41 heavy (non-hydrogen) atoms. The van der Waals surface area contributed by atoms with Crippen molar-refractivity contribution in [2.24, 2.45) is 0 Å². The normalized spacial score (nSPS) is 11.6. The van der Waals surface area contributed by atoms with E-state index in [1.54, 1.807) is 33.5 Å². The van der Waals surface area contributed by atoms with E-state index in [0.29, 0.717) is 74.5 Å². The molecule has 222 valence electrons. The molecule has 0 saturated heterocycles. The zero-order valence-electron chi connectivity index (χ0n) is 24.2. The zero-order valence-corrected chi connectivity index (χ0v) is 25.7. The van der Waals surface area contributed by atoms with Crippen LogP contribution in [-0.2, 0) is 0 Å². The Balaban J connectivity index is 1.88. The summed E-state index contributed by atoms with van der Waals surface area (Å²) in [7, 11) is 10.7. The minimum atomic E-state index is -0.892. The Morgan fingerprint density at radius 2 is 1.29 bits per heavy atom. The van der Waals surface area contributed by atoms with E-state index < -0.39 is 6.10 Å². The zero-order chi connectivity index (χ0) is 30.1. The van der Waals surface area contributed by atoms with Crippen molar-refractivity contribution >= 4 is 33.8 Å². The minimum absolute atomic E-state index is 0.0528. The topological polar surface area (TPSA) is 117 Å². The second-order valence-corrected chi connectivity index (χ2v) is 9.45. The van der Waals surface area contributed by atoms with Crippen LogP contribution in [0.15, 0.2) is 34.8 Å². The molecule has 3 aromatic carbocycles. The Bertz CT molecular complexity index is 1350. The molecule has 0 aliphatic heterocycles. The molecule has 0 aliphatic rings. The maximum absolute atomic E-state index is 11.1. The Morgan fingerprint density at radius 3 is 1.83 bits per heavy atom. The maximum Gasteiger partial charge on any atom is 0.204 e. The molecule has 0 saturated carbocycles. The lowest BCUT2D eigenvalue weighted by Crippen LogP contribution is -2.10. The second-order valence-electron chi connectivity index (χ2n) is 8.65. The Kier molecular flexibility index (Phi) is 11.2. The van der Waals surface area contributed by atoms with Gasteiger partial charge in [0.15, 0.2) is 34.5 Å². The number of ether oxygens (including phenoxy) is 7. The first-order valence-corrected chi connectivity index (χ1v) is 13.4. The number of aromatic hydroxyl groups is 1. The van der Waals surface area contributed by atoms with Crippen molar-refractivity contribution in [2.75, 3.05) is 61.6 Å². The van der Waals surface area contributed by atoms with Crippen LogP contribution < -0.4 is 38.5 Å². The van der Waals surface area contributed by atoms with Gasteiger partial charge in [-0.25, -0.2) is 0 Å². The van der Waals surface area contributed by atoms with Crippen LogP contribution in [0, 0.1) is 0 Å². The summed E-state index contributed by atoms with van der Waals surface area (Å²) in [6.45, 7) is 0.315. The summed E-state index contributed by atoms with van der Waals surface area (Å²) in [5.41, 5.74) is 2.51. The summed E-state index contributed by atoms with van der Waals surface area (Å²) in [6, 6.07) is 8.84. The van der Waals surface area contributed by atoms with Gasteiger partial charge in [-0.3, -0.25) is 0 Å². The standard InChI is InChI=1S/C30H36BrNO9/c1-35-21-11-10-18(9-8-17-14-22(36-2)28(39-5)23(15-17)37-3)26(27(21)34)32-13-12-20(33)19-16-24(38-4)29(40-6)30(41-7)25(19)31/h8-11,14-16,20,32-34H,12-13H2,1-7H3/b9-8-. The fraction of sp³-hybridized carbons (Fsp3) is 0.333. The second kappa shape index (κ2) is 14.6. The molecular weight excluding hydrogens is 598 g/mol. The van der Waals surface area contributed by atoms with E-state index in [0.717, 1.165) is 5.56 Å². The number of rotatable bonds is 14. The van der Waals surface area contributed by atoms with E-state index in [4.69, 9.17) is 33.2 Å². The monoisotopic (exact) mass is 633 g/mol. The highest BCUT2D eigenvalue weighted by molar-refractivity contribution is 9.10. The fourth-order valence-corrected chi connectivity index (χ4v) is 5.05. The van der Waals surface area contributed by atoms with E-state index in [9.17, 15) is 10.2 Å². The van der Waals surface area contributed by atoms with E-state index in [1.807, 2.05) is 30.4 Å². The van der Waals surface area contributed by atoms with Gasteiger partial charge in [-0.05, 0) is 58.2 Å². The summed E-state index contributed by atoms with van der Waals surface area (Å²) < 4.78 is 38.5. The van der Waals surface area contributed by atoms with Gasteiger partial charge in [-0.2, -0.15) is 0 Å². The number of methoxy groups -OCH3 is 7. The highest BCUT2D eigenvalue weighted by atomic mass is 79.9. The van der Waals surface area contributed by atoms with Gasteiger partial charge in [0.25, 0.3) is 0 Å². The third-order valence-corrected chi connectivity index (χ3v) is 7.23. The van der Waals surface area contributed by atoms with E-state index in [1.165, 1.54) is 28.4 Å². The molecule has 0 spiro atoms. The molecule has 3 N–H and O–H groups in total. The van der Waals surface area contributed by atoms with Crippen molar-refractivity contribution in [2.45, 2.75) is 12.5 Å². The lowest BCUT2D eigenvalue weighted by molar-refractivity contribution is 0.169. The molecule has 10 nitrogen and oxygen atoms in total. The summed E-state index contributed by atoms with van der Waals surface area (Å²) in [5, 5.41) is 25.2. The summed E-state index contributed by atoms with van der Waals surface area (Å²) in [4.78, 5) is 0. The van der Waals surface area contributed by atoms with Crippen molar-refractivity contribution < 1.29 is 43.4 Å². The van der Waals surface area contributed by atoms with Gasteiger partial charge in [0.2, 0.25) is 11.5 Å². The maximum atomic E-state index is 11.1. The van der Waals surface area contributed by atoms with Crippen molar-refractivity contribution in [1.82, 2.24) is 0 Å². The van der Waals surface area contributed by atoms with Crippen molar-refractivity contribution in [1.29, 1.82) is 0 Å². The molecule has 0 fully saturated rings. The third kappa shape index (κ3) is 6.86. The van der Waals surface area contributed by atoms with E-state index >= 15 is 0 Å². The first-order valence-electron chi connectivity index (χ1n) is 12.6. The van der Waals surface area contributed by atoms with Gasteiger partial charge >= 0.3 is 0 Å². The molecule has 1 atom stereocenters. The molecule has 3 rings (SSSR count). The average Bonchev–Trinajstić information content (AvgIpc) is 2.99. The predicted molar refractivity (Wildman–Crippen MR) is 162 cm³/mol. The summed E-state index contributed by atoms with van der Waals surface area (Å²) >= 11 is 3.52. The Labute approximate surface area is 248 Å². The quantitative estimate of drug-likeness (QED) is 0.146. The van der Waals surface area contributed by atoms with E-state index in [2.05, 4.69) is 21.2 Å². The number of aliphatic hydroxyl groups excluding tert-OH is 1. The fourth-order valence-electron chi connectivity index (χ4n) is 4.33. The minimum Gasteiger partial charge on any atom is -0.503 e. The van der Waals surface area contributed by atoms with Crippen LogP contribution in [0.4, 0.5) is 5.69 Å². The molecule has 0 heterocycles. The SMILES string of the molecule is COc1ccc(/C=C\c2cc(OC)c(OC)c(OC)c2)c(NCCC(O)c2cc(OC)c(OC)c(OC)c2Br)c1O. The van der Waals surface area contributed by atoms with E-state index in [-0.39, 0.29) is 5.75 Å².